The van der Waals surface area contributed by atoms with Gasteiger partial charge in [-0.2, -0.15) is 0 Å². The van der Waals surface area contributed by atoms with Crippen LogP contribution in [0.4, 0.5) is 0 Å². The number of aliphatic hydroxyl groups excluding tert-OH is 2. The van der Waals surface area contributed by atoms with E-state index in [-0.39, 0.29) is 18.2 Å². The summed E-state index contributed by atoms with van der Waals surface area (Å²) in [4.78, 5) is 0. The molecule has 9 nitrogen and oxygen atoms in total. The number of nitrogens with two attached hydrogens (primary N) is 3. The first-order valence-electron chi connectivity index (χ1n) is 8.45. The Morgan fingerprint density at radius 3 is 2.38 bits per heavy atom. The summed E-state index contributed by atoms with van der Waals surface area (Å²) in [6, 6.07) is -1.85. The highest BCUT2D eigenvalue weighted by Gasteiger charge is 2.50. The SMILES string of the molecule is CN[C@H]1[C@H](O)[C@H](O[C@@H]2O[C@H]([C@H](C)N)CC[C@H]2N)[C@H](N)[C@H](O)[C@@H]1OC. The quantitative estimate of drug-likeness (QED) is 0.309. The Labute approximate surface area is 142 Å². The summed E-state index contributed by atoms with van der Waals surface area (Å²) in [6.07, 6.45) is -2.90. The maximum atomic E-state index is 10.6. The minimum atomic E-state index is -0.995. The van der Waals surface area contributed by atoms with Gasteiger partial charge in [-0.05, 0) is 26.8 Å². The Bertz CT molecular complexity index is 402. The summed E-state index contributed by atoms with van der Waals surface area (Å²) < 4.78 is 17.0. The lowest BCUT2D eigenvalue weighted by molar-refractivity contribution is -0.262. The van der Waals surface area contributed by atoms with Crippen molar-refractivity contribution in [2.75, 3.05) is 14.2 Å². The van der Waals surface area contributed by atoms with Gasteiger partial charge in [-0.3, -0.25) is 0 Å². The second-order valence-electron chi connectivity index (χ2n) is 6.82. The van der Waals surface area contributed by atoms with Crippen LogP contribution in [0.1, 0.15) is 19.8 Å². The van der Waals surface area contributed by atoms with Crippen molar-refractivity contribution in [3.05, 3.63) is 0 Å². The standard InChI is InChI=1S/C15H32N4O5/c1-6(16)8-5-4-7(17)15(23-8)24-13-9(18)11(20)14(22-3)10(19-2)12(13)21/h6-15,19-21H,4-5,16-18H2,1-3H3/t6-,7+,8-,9+,10-,11-,12-,13+,14+,15-/m0/s1. The molecule has 10 atom stereocenters. The van der Waals surface area contributed by atoms with Gasteiger partial charge < -0.3 is 46.9 Å². The number of rotatable bonds is 5. The molecule has 2 fully saturated rings. The molecule has 9 heteroatoms. The number of nitrogens with one attached hydrogen (secondary N) is 1. The minimum Gasteiger partial charge on any atom is -0.389 e. The Kier molecular flexibility index (Phi) is 6.94. The third kappa shape index (κ3) is 3.90. The molecular weight excluding hydrogens is 316 g/mol. The van der Waals surface area contributed by atoms with Crippen molar-refractivity contribution in [2.24, 2.45) is 17.2 Å². The lowest BCUT2D eigenvalue weighted by atomic mass is 9.81. The fourth-order valence-electron chi connectivity index (χ4n) is 3.55. The number of hydrogen-bond acceptors (Lipinski definition) is 9. The highest BCUT2D eigenvalue weighted by molar-refractivity contribution is 5.05. The van der Waals surface area contributed by atoms with Gasteiger partial charge in [-0.1, -0.05) is 0 Å². The van der Waals surface area contributed by atoms with E-state index in [0.29, 0.717) is 6.42 Å². The third-order valence-corrected chi connectivity index (χ3v) is 5.10. The van der Waals surface area contributed by atoms with Crippen molar-refractivity contribution in [1.29, 1.82) is 0 Å². The van der Waals surface area contributed by atoms with Crippen molar-refractivity contribution >= 4 is 0 Å². The van der Waals surface area contributed by atoms with E-state index >= 15 is 0 Å². The van der Waals surface area contributed by atoms with Gasteiger partial charge in [0.05, 0.1) is 36.4 Å². The largest absolute Gasteiger partial charge is 0.389 e. The van der Waals surface area contributed by atoms with Crippen molar-refractivity contribution in [2.45, 2.75) is 80.7 Å². The lowest BCUT2D eigenvalue weighted by Gasteiger charge is -2.47. The van der Waals surface area contributed by atoms with E-state index in [0.717, 1.165) is 6.42 Å². The molecule has 1 saturated heterocycles. The molecule has 0 radical (unpaired) electrons. The summed E-state index contributed by atoms with van der Waals surface area (Å²) in [7, 11) is 3.14. The molecule has 1 heterocycles. The predicted molar refractivity (Wildman–Crippen MR) is 88.0 cm³/mol. The van der Waals surface area contributed by atoms with Crippen LogP contribution >= 0.6 is 0 Å². The predicted octanol–water partition coefficient (Wildman–Crippen LogP) is -2.78. The Morgan fingerprint density at radius 2 is 1.83 bits per heavy atom. The second kappa shape index (κ2) is 8.35. The molecule has 0 spiro atoms. The highest BCUT2D eigenvalue weighted by Crippen LogP contribution is 2.28. The molecule has 1 aliphatic heterocycles. The van der Waals surface area contributed by atoms with E-state index in [1.54, 1.807) is 7.05 Å². The molecular formula is C15H32N4O5. The second-order valence-corrected chi connectivity index (χ2v) is 6.82. The van der Waals surface area contributed by atoms with Crippen LogP contribution in [0.3, 0.4) is 0 Å². The number of methoxy groups -OCH3 is 1. The lowest BCUT2D eigenvalue weighted by Crippen LogP contribution is -2.71. The van der Waals surface area contributed by atoms with Crippen LogP contribution in [0, 0.1) is 0 Å². The van der Waals surface area contributed by atoms with Gasteiger partial charge >= 0.3 is 0 Å². The van der Waals surface area contributed by atoms with Gasteiger partial charge in [0.1, 0.15) is 12.2 Å². The van der Waals surface area contributed by atoms with E-state index in [9.17, 15) is 10.2 Å². The zero-order valence-corrected chi connectivity index (χ0v) is 14.5. The molecule has 0 aromatic carbocycles. The topological polar surface area (TPSA) is 158 Å². The smallest absolute Gasteiger partial charge is 0.173 e. The van der Waals surface area contributed by atoms with Crippen LogP contribution in [0.15, 0.2) is 0 Å². The molecule has 0 aromatic rings. The molecule has 142 valence electrons. The van der Waals surface area contributed by atoms with E-state index in [2.05, 4.69) is 5.32 Å². The van der Waals surface area contributed by atoms with Gasteiger partial charge in [0.2, 0.25) is 0 Å². The van der Waals surface area contributed by atoms with E-state index in [1.165, 1.54) is 7.11 Å². The highest BCUT2D eigenvalue weighted by atomic mass is 16.7. The van der Waals surface area contributed by atoms with Crippen LogP contribution in [0.5, 0.6) is 0 Å². The van der Waals surface area contributed by atoms with Crippen LogP contribution in [0.2, 0.25) is 0 Å². The minimum absolute atomic E-state index is 0.151. The molecule has 2 aliphatic rings. The summed E-state index contributed by atoms with van der Waals surface area (Å²) in [5.41, 5.74) is 18.1. The van der Waals surface area contributed by atoms with Crippen LogP contribution in [0.25, 0.3) is 0 Å². The van der Waals surface area contributed by atoms with Crippen LogP contribution < -0.4 is 22.5 Å². The fourth-order valence-corrected chi connectivity index (χ4v) is 3.55. The molecule has 24 heavy (non-hydrogen) atoms. The molecule has 1 saturated carbocycles. The van der Waals surface area contributed by atoms with E-state index in [1.807, 2.05) is 6.92 Å². The maximum Gasteiger partial charge on any atom is 0.173 e. The van der Waals surface area contributed by atoms with Crippen molar-refractivity contribution in [3.63, 3.8) is 0 Å². The summed E-state index contributed by atoms with van der Waals surface area (Å²) in [5.74, 6) is 0. The first kappa shape index (κ1) is 20.0. The number of hydrogen-bond donors (Lipinski definition) is 6. The monoisotopic (exact) mass is 348 g/mol. The number of aliphatic hydroxyl groups is 2. The third-order valence-electron chi connectivity index (χ3n) is 5.10. The first-order chi connectivity index (χ1) is 11.3. The molecule has 9 N–H and O–H groups in total. The maximum absolute atomic E-state index is 10.6. The van der Waals surface area contributed by atoms with Crippen LogP contribution in [-0.4, -0.2) is 85.3 Å². The summed E-state index contributed by atoms with van der Waals surface area (Å²) in [5, 5.41) is 24.0. The Hall–Kier alpha value is -0.360. The first-order valence-corrected chi connectivity index (χ1v) is 8.45. The van der Waals surface area contributed by atoms with E-state index in [4.69, 9.17) is 31.4 Å². The zero-order chi connectivity index (χ0) is 18.0. The summed E-state index contributed by atoms with van der Waals surface area (Å²) in [6.45, 7) is 1.86. The van der Waals surface area contributed by atoms with Gasteiger partial charge in [0, 0.05) is 13.2 Å². The van der Waals surface area contributed by atoms with Crippen molar-refractivity contribution in [1.82, 2.24) is 5.32 Å². The Balaban J connectivity index is 2.11. The molecule has 0 amide bonds. The van der Waals surface area contributed by atoms with E-state index < -0.39 is 42.8 Å². The Morgan fingerprint density at radius 1 is 1.17 bits per heavy atom. The zero-order valence-electron chi connectivity index (χ0n) is 14.5. The molecule has 0 bridgehead atoms. The average molecular weight is 348 g/mol. The summed E-state index contributed by atoms with van der Waals surface area (Å²) >= 11 is 0. The van der Waals surface area contributed by atoms with Gasteiger partial charge in [-0.15, -0.1) is 0 Å². The van der Waals surface area contributed by atoms with Gasteiger partial charge in [0.15, 0.2) is 6.29 Å². The van der Waals surface area contributed by atoms with Crippen LogP contribution in [-0.2, 0) is 14.2 Å². The average Bonchev–Trinajstić information content (AvgIpc) is 2.55. The number of ether oxygens (including phenoxy) is 3. The molecule has 1 aliphatic carbocycles. The normalized spacial score (nSPS) is 48.2. The van der Waals surface area contributed by atoms with Crippen molar-refractivity contribution < 1.29 is 24.4 Å². The van der Waals surface area contributed by atoms with Gasteiger partial charge in [0.25, 0.3) is 0 Å². The number of likely N-dealkylation sites (N-methyl/N-ethyl adjacent to an activating group) is 1. The fraction of sp³-hybridized carbons (Fsp3) is 1.00. The molecule has 0 aromatic heterocycles. The molecule has 0 unspecified atom stereocenters. The van der Waals surface area contributed by atoms with Gasteiger partial charge in [-0.25, -0.2) is 0 Å². The molecule has 2 rings (SSSR count). The van der Waals surface area contributed by atoms with Crippen molar-refractivity contribution in [3.8, 4) is 0 Å².